The minimum atomic E-state index is -0.0434. The summed E-state index contributed by atoms with van der Waals surface area (Å²) in [4.78, 5) is 0. The summed E-state index contributed by atoms with van der Waals surface area (Å²) in [6.07, 6.45) is 1.77. The standard InChI is InChI=1S/C13H22N2O2/c1-9-12(16-2)7-6-10(13(9)17-3)11(15)5-4-8-14/h6-7,11H,4-5,8,14-15H2,1-3H3. The van der Waals surface area contributed by atoms with Gasteiger partial charge in [-0.05, 0) is 32.4 Å². The molecule has 0 spiro atoms. The van der Waals surface area contributed by atoms with Crippen molar-refractivity contribution in [2.45, 2.75) is 25.8 Å². The Morgan fingerprint density at radius 2 is 1.94 bits per heavy atom. The molecule has 1 aromatic carbocycles. The first kappa shape index (κ1) is 13.8. The molecule has 0 saturated heterocycles. The number of rotatable bonds is 6. The normalized spacial score (nSPS) is 12.3. The monoisotopic (exact) mass is 238 g/mol. The van der Waals surface area contributed by atoms with Crippen LogP contribution < -0.4 is 20.9 Å². The summed E-state index contributed by atoms with van der Waals surface area (Å²) in [6.45, 7) is 2.63. The van der Waals surface area contributed by atoms with Gasteiger partial charge in [0, 0.05) is 17.2 Å². The van der Waals surface area contributed by atoms with Gasteiger partial charge < -0.3 is 20.9 Å². The molecule has 0 amide bonds. The summed E-state index contributed by atoms with van der Waals surface area (Å²) in [6, 6.07) is 3.85. The van der Waals surface area contributed by atoms with E-state index < -0.39 is 0 Å². The van der Waals surface area contributed by atoms with Crippen molar-refractivity contribution in [3.63, 3.8) is 0 Å². The van der Waals surface area contributed by atoms with Crippen molar-refractivity contribution in [3.05, 3.63) is 23.3 Å². The van der Waals surface area contributed by atoms with Crippen LogP contribution in [-0.4, -0.2) is 20.8 Å². The molecule has 0 saturated carbocycles. The van der Waals surface area contributed by atoms with E-state index in [4.69, 9.17) is 20.9 Å². The van der Waals surface area contributed by atoms with E-state index in [0.717, 1.165) is 35.5 Å². The van der Waals surface area contributed by atoms with E-state index in [1.165, 1.54) is 0 Å². The molecule has 1 atom stereocenters. The van der Waals surface area contributed by atoms with Crippen LogP contribution >= 0.6 is 0 Å². The quantitative estimate of drug-likeness (QED) is 0.792. The van der Waals surface area contributed by atoms with Crippen LogP contribution in [0.1, 0.15) is 30.0 Å². The van der Waals surface area contributed by atoms with Gasteiger partial charge in [0.25, 0.3) is 0 Å². The van der Waals surface area contributed by atoms with Crippen LogP contribution in [0.3, 0.4) is 0 Å². The van der Waals surface area contributed by atoms with Crippen molar-refractivity contribution in [2.24, 2.45) is 11.5 Å². The number of ether oxygens (including phenoxy) is 2. The van der Waals surface area contributed by atoms with Crippen molar-refractivity contribution in [1.29, 1.82) is 0 Å². The molecule has 0 fully saturated rings. The van der Waals surface area contributed by atoms with Crippen molar-refractivity contribution in [2.75, 3.05) is 20.8 Å². The Balaban J connectivity index is 3.03. The van der Waals surface area contributed by atoms with Crippen LogP contribution in [0.4, 0.5) is 0 Å². The molecule has 0 aliphatic rings. The van der Waals surface area contributed by atoms with E-state index in [1.807, 2.05) is 19.1 Å². The molecular weight excluding hydrogens is 216 g/mol. The Hall–Kier alpha value is -1.26. The Morgan fingerprint density at radius 3 is 2.47 bits per heavy atom. The summed E-state index contributed by atoms with van der Waals surface area (Å²) in [5, 5.41) is 0. The van der Waals surface area contributed by atoms with Crippen LogP contribution in [-0.2, 0) is 0 Å². The smallest absolute Gasteiger partial charge is 0.130 e. The molecule has 4 nitrogen and oxygen atoms in total. The lowest BCUT2D eigenvalue weighted by Gasteiger charge is -2.18. The van der Waals surface area contributed by atoms with E-state index in [-0.39, 0.29) is 6.04 Å². The summed E-state index contributed by atoms with van der Waals surface area (Å²) < 4.78 is 10.7. The fourth-order valence-corrected chi connectivity index (χ4v) is 1.97. The van der Waals surface area contributed by atoms with E-state index in [2.05, 4.69) is 0 Å². The van der Waals surface area contributed by atoms with Crippen LogP contribution in [0.25, 0.3) is 0 Å². The summed E-state index contributed by atoms with van der Waals surface area (Å²) >= 11 is 0. The molecular formula is C13H22N2O2. The summed E-state index contributed by atoms with van der Waals surface area (Å²) in [5.74, 6) is 1.63. The lowest BCUT2D eigenvalue weighted by atomic mass is 9.99. The van der Waals surface area contributed by atoms with Crippen molar-refractivity contribution < 1.29 is 9.47 Å². The van der Waals surface area contributed by atoms with Gasteiger partial charge in [0.1, 0.15) is 11.5 Å². The van der Waals surface area contributed by atoms with Gasteiger partial charge in [-0.1, -0.05) is 6.07 Å². The number of hydrogen-bond donors (Lipinski definition) is 2. The molecule has 1 rings (SSSR count). The summed E-state index contributed by atoms with van der Waals surface area (Å²) in [5.41, 5.74) is 13.6. The minimum absolute atomic E-state index is 0.0434. The topological polar surface area (TPSA) is 70.5 Å². The van der Waals surface area contributed by atoms with Gasteiger partial charge in [0.15, 0.2) is 0 Å². The largest absolute Gasteiger partial charge is 0.496 e. The summed E-state index contributed by atoms with van der Waals surface area (Å²) in [7, 11) is 3.30. The number of nitrogens with two attached hydrogens (primary N) is 2. The molecule has 0 aliphatic carbocycles. The van der Waals surface area contributed by atoms with Gasteiger partial charge in [0.2, 0.25) is 0 Å². The van der Waals surface area contributed by atoms with Crippen molar-refractivity contribution in [1.82, 2.24) is 0 Å². The number of methoxy groups -OCH3 is 2. The number of hydrogen-bond acceptors (Lipinski definition) is 4. The highest BCUT2D eigenvalue weighted by Crippen LogP contribution is 2.35. The first-order valence-corrected chi connectivity index (χ1v) is 5.82. The number of benzene rings is 1. The zero-order valence-electron chi connectivity index (χ0n) is 10.8. The Kier molecular flexibility index (Phi) is 5.25. The molecule has 1 unspecified atom stereocenters. The highest BCUT2D eigenvalue weighted by molar-refractivity contribution is 5.50. The second-order valence-electron chi connectivity index (χ2n) is 4.05. The zero-order chi connectivity index (χ0) is 12.8. The molecule has 0 heterocycles. The van der Waals surface area contributed by atoms with Gasteiger partial charge >= 0.3 is 0 Å². The predicted octanol–water partition coefficient (Wildman–Crippen LogP) is 1.75. The van der Waals surface area contributed by atoms with Gasteiger partial charge in [-0.2, -0.15) is 0 Å². The van der Waals surface area contributed by atoms with Gasteiger partial charge in [0.05, 0.1) is 14.2 Å². The van der Waals surface area contributed by atoms with E-state index >= 15 is 0 Å². The van der Waals surface area contributed by atoms with Gasteiger partial charge in [-0.15, -0.1) is 0 Å². The van der Waals surface area contributed by atoms with Crippen LogP contribution in [0.5, 0.6) is 11.5 Å². The van der Waals surface area contributed by atoms with Gasteiger partial charge in [-0.25, -0.2) is 0 Å². The van der Waals surface area contributed by atoms with Crippen LogP contribution in [0.15, 0.2) is 12.1 Å². The molecule has 0 bridgehead atoms. The minimum Gasteiger partial charge on any atom is -0.496 e. The highest BCUT2D eigenvalue weighted by Gasteiger charge is 2.16. The van der Waals surface area contributed by atoms with Crippen LogP contribution in [0.2, 0.25) is 0 Å². The Bertz CT molecular complexity index is 367. The lowest BCUT2D eigenvalue weighted by molar-refractivity contribution is 0.382. The average molecular weight is 238 g/mol. The van der Waals surface area contributed by atoms with Crippen LogP contribution in [0, 0.1) is 6.92 Å². The second kappa shape index (κ2) is 6.47. The highest BCUT2D eigenvalue weighted by atomic mass is 16.5. The fraction of sp³-hybridized carbons (Fsp3) is 0.538. The van der Waals surface area contributed by atoms with E-state index in [0.29, 0.717) is 6.54 Å². The fourth-order valence-electron chi connectivity index (χ4n) is 1.97. The molecule has 0 aromatic heterocycles. The molecule has 96 valence electrons. The maximum atomic E-state index is 6.14. The van der Waals surface area contributed by atoms with Crippen molar-refractivity contribution >= 4 is 0 Å². The molecule has 1 aromatic rings. The maximum absolute atomic E-state index is 6.14. The SMILES string of the molecule is COc1ccc(C(N)CCCN)c(OC)c1C. The van der Waals surface area contributed by atoms with Crippen molar-refractivity contribution in [3.8, 4) is 11.5 Å². The predicted molar refractivity (Wildman–Crippen MR) is 69.5 cm³/mol. The maximum Gasteiger partial charge on any atom is 0.130 e. The van der Waals surface area contributed by atoms with E-state index in [9.17, 15) is 0 Å². The average Bonchev–Trinajstić information content (AvgIpc) is 2.35. The van der Waals surface area contributed by atoms with E-state index in [1.54, 1.807) is 14.2 Å². The Labute approximate surface area is 103 Å². The molecule has 17 heavy (non-hydrogen) atoms. The third kappa shape index (κ3) is 3.11. The molecule has 4 heteroatoms. The Morgan fingerprint density at radius 1 is 1.24 bits per heavy atom. The first-order chi connectivity index (χ1) is 8.15. The lowest BCUT2D eigenvalue weighted by Crippen LogP contribution is -2.14. The first-order valence-electron chi connectivity index (χ1n) is 5.82. The zero-order valence-corrected chi connectivity index (χ0v) is 10.8. The second-order valence-corrected chi connectivity index (χ2v) is 4.05. The molecule has 4 N–H and O–H groups in total. The van der Waals surface area contributed by atoms with Gasteiger partial charge in [-0.3, -0.25) is 0 Å². The third-order valence-electron chi connectivity index (χ3n) is 2.93. The third-order valence-corrected chi connectivity index (χ3v) is 2.93. The molecule has 0 radical (unpaired) electrons. The molecule has 0 aliphatic heterocycles.